The van der Waals surface area contributed by atoms with Gasteiger partial charge in [-0.1, -0.05) is 6.07 Å². The van der Waals surface area contributed by atoms with Gasteiger partial charge in [0, 0.05) is 29.4 Å². The Kier molecular flexibility index (Phi) is 4.11. The second-order valence-corrected chi connectivity index (χ2v) is 7.07. The molecule has 5 nitrogen and oxygen atoms in total. The quantitative estimate of drug-likeness (QED) is 0.907. The Morgan fingerprint density at radius 3 is 2.74 bits per heavy atom. The summed E-state index contributed by atoms with van der Waals surface area (Å²) in [5, 5.41) is 7.53. The highest BCUT2D eigenvalue weighted by atomic mass is 16.6. The van der Waals surface area contributed by atoms with Crippen LogP contribution < -0.4 is 10.6 Å². The van der Waals surface area contributed by atoms with E-state index in [0.717, 1.165) is 29.4 Å². The highest BCUT2D eigenvalue weighted by Crippen LogP contribution is 2.26. The van der Waals surface area contributed by atoms with Crippen LogP contribution in [0.3, 0.4) is 0 Å². The molecule has 122 valence electrons. The van der Waals surface area contributed by atoms with Gasteiger partial charge < -0.3 is 15.4 Å². The van der Waals surface area contributed by atoms with E-state index in [2.05, 4.69) is 27.8 Å². The Hall–Kier alpha value is -2.30. The number of carbonyl (C=O) groups excluding carboxylic acids is 1. The van der Waals surface area contributed by atoms with Gasteiger partial charge in [0.1, 0.15) is 5.60 Å². The Balaban J connectivity index is 1.49. The lowest BCUT2D eigenvalue weighted by Crippen LogP contribution is -2.50. The Morgan fingerprint density at radius 1 is 1.22 bits per heavy atom. The van der Waals surface area contributed by atoms with Gasteiger partial charge in [-0.05, 0) is 57.9 Å². The average molecular weight is 313 g/mol. The smallest absolute Gasteiger partial charge is 0.407 e. The zero-order chi connectivity index (χ0) is 16.4. The Labute approximate surface area is 136 Å². The molecule has 3 rings (SSSR count). The predicted octanol–water partition coefficient (Wildman–Crippen LogP) is 3.70. The van der Waals surface area contributed by atoms with Crippen molar-refractivity contribution < 1.29 is 9.53 Å². The van der Waals surface area contributed by atoms with E-state index in [1.165, 1.54) is 0 Å². The van der Waals surface area contributed by atoms with E-state index in [0.29, 0.717) is 6.04 Å². The van der Waals surface area contributed by atoms with Crippen molar-refractivity contribution in [1.29, 1.82) is 0 Å². The molecule has 1 heterocycles. The number of amides is 1. The topological polar surface area (TPSA) is 63.2 Å². The molecule has 2 aromatic rings. The van der Waals surface area contributed by atoms with E-state index in [1.54, 1.807) is 6.20 Å². The van der Waals surface area contributed by atoms with Gasteiger partial charge in [-0.15, -0.1) is 0 Å². The highest BCUT2D eigenvalue weighted by Gasteiger charge is 2.31. The van der Waals surface area contributed by atoms with Gasteiger partial charge in [-0.2, -0.15) is 0 Å². The molecule has 5 heteroatoms. The Morgan fingerprint density at radius 2 is 2.00 bits per heavy atom. The molecule has 2 N–H and O–H groups in total. The third-order valence-electron chi connectivity index (χ3n) is 3.83. The third-order valence-corrected chi connectivity index (χ3v) is 3.83. The zero-order valence-electron chi connectivity index (χ0n) is 13.8. The number of alkyl carbamates (subject to hydrolysis) is 1. The van der Waals surface area contributed by atoms with E-state index < -0.39 is 5.60 Å². The van der Waals surface area contributed by atoms with Gasteiger partial charge in [0.2, 0.25) is 0 Å². The number of benzene rings is 1. The predicted molar refractivity (Wildman–Crippen MR) is 91.5 cm³/mol. The molecule has 23 heavy (non-hydrogen) atoms. The summed E-state index contributed by atoms with van der Waals surface area (Å²) in [6.07, 6.45) is 3.28. The van der Waals surface area contributed by atoms with Crippen molar-refractivity contribution >= 4 is 22.7 Å². The van der Waals surface area contributed by atoms with Gasteiger partial charge in [0.15, 0.2) is 0 Å². The molecule has 0 unspecified atom stereocenters. The summed E-state index contributed by atoms with van der Waals surface area (Å²) < 4.78 is 5.27. The minimum atomic E-state index is -0.454. The van der Waals surface area contributed by atoms with Crippen LogP contribution in [0.2, 0.25) is 0 Å². The van der Waals surface area contributed by atoms with Crippen LogP contribution in [0.4, 0.5) is 10.5 Å². The van der Waals surface area contributed by atoms with Crippen LogP contribution in [0.5, 0.6) is 0 Å². The third kappa shape index (κ3) is 4.12. The first-order valence-electron chi connectivity index (χ1n) is 8.00. The number of nitrogens with zero attached hydrogens (tertiary/aromatic N) is 1. The Bertz CT molecular complexity index is 703. The molecular formula is C18H23N3O2. The zero-order valence-corrected chi connectivity index (χ0v) is 13.8. The van der Waals surface area contributed by atoms with Crippen molar-refractivity contribution in [2.45, 2.75) is 51.3 Å². The van der Waals surface area contributed by atoms with Crippen LogP contribution in [-0.4, -0.2) is 28.8 Å². The minimum absolute atomic E-state index is 0.185. The maximum Gasteiger partial charge on any atom is 0.407 e. The normalized spacial score (nSPS) is 20.7. The second kappa shape index (κ2) is 6.07. The van der Waals surface area contributed by atoms with Crippen molar-refractivity contribution in [3.63, 3.8) is 0 Å². The van der Waals surface area contributed by atoms with E-state index in [4.69, 9.17) is 4.74 Å². The molecule has 1 aliphatic carbocycles. The van der Waals surface area contributed by atoms with Crippen molar-refractivity contribution in [2.75, 3.05) is 5.32 Å². The standard InChI is InChI=1S/C18H23N3O2/c1-18(2,3)23-17(22)21-15-10-14(11-15)20-13-6-7-16-12(9-13)5-4-8-19-16/h4-9,14-15,20H,10-11H2,1-3H3,(H,21,22). The first kappa shape index (κ1) is 15.6. The number of anilines is 1. The molecular weight excluding hydrogens is 290 g/mol. The van der Waals surface area contributed by atoms with Gasteiger partial charge in [0.05, 0.1) is 5.52 Å². The van der Waals surface area contributed by atoms with Gasteiger partial charge in [0.25, 0.3) is 0 Å². The first-order chi connectivity index (χ1) is 10.9. The summed E-state index contributed by atoms with van der Waals surface area (Å²) in [4.78, 5) is 16.0. The fourth-order valence-corrected chi connectivity index (χ4v) is 2.73. The largest absolute Gasteiger partial charge is 0.444 e. The number of carbonyl (C=O) groups is 1. The van der Waals surface area contributed by atoms with Gasteiger partial charge in [-0.3, -0.25) is 4.98 Å². The molecule has 1 aromatic heterocycles. The average Bonchev–Trinajstić information content (AvgIpc) is 2.43. The van der Waals surface area contributed by atoms with Crippen molar-refractivity contribution in [3.05, 3.63) is 36.5 Å². The van der Waals surface area contributed by atoms with Crippen LogP contribution in [0.15, 0.2) is 36.5 Å². The van der Waals surface area contributed by atoms with Gasteiger partial charge in [-0.25, -0.2) is 4.79 Å². The fourth-order valence-electron chi connectivity index (χ4n) is 2.73. The summed E-state index contributed by atoms with van der Waals surface area (Å²) >= 11 is 0. The summed E-state index contributed by atoms with van der Waals surface area (Å²) in [5.74, 6) is 0. The minimum Gasteiger partial charge on any atom is -0.444 e. The van der Waals surface area contributed by atoms with Crippen molar-refractivity contribution in [2.24, 2.45) is 0 Å². The monoisotopic (exact) mass is 313 g/mol. The number of hydrogen-bond acceptors (Lipinski definition) is 4. The maximum absolute atomic E-state index is 11.7. The van der Waals surface area contributed by atoms with Crippen LogP contribution in [0, 0.1) is 0 Å². The molecule has 1 saturated carbocycles. The summed E-state index contributed by atoms with van der Waals surface area (Å²) in [6, 6.07) is 10.7. The molecule has 0 saturated heterocycles. The number of fused-ring (bicyclic) bond motifs is 1. The van der Waals surface area contributed by atoms with Gasteiger partial charge >= 0.3 is 6.09 Å². The summed E-state index contributed by atoms with van der Waals surface area (Å²) in [5.41, 5.74) is 1.63. The molecule has 0 spiro atoms. The summed E-state index contributed by atoms with van der Waals surface area (Å²) in [7, 11) is 0. The maximum atomic E-state index is 11.7. The van der Waals surface area contributed by atoms with E-state index in [-0.39, 0.29) is 12.1 Å². The molecule has 1 aromatic carbocycles. The van der Waals surface area contributed by atoms with E-state index >= 15 is 0 Å². The lowest BCUT2D eigenvalue weighted by atomic mass is 9.86. The molecule has 0 radical (unpaired) electrons. The number of ether oxygens (including phenoxy) is 1. The molecule has 1 aliphatic rings. The van der Waals surface area contributed by atoms with Crippen molar-refractivity contribution in [1.82, 2.24) is 10.3 Å². The number of pyridine rings is 1. The van der Waals surface area contributed by atoms with Crippen LogP contribution in [-0.2, 0) is 4.74 Å². The highest BCUT2D eigenvalue weighted by molar-refractivity contribution is 5.82. The molecule has 1 fully saturated rings. The fraction of sp³-hybridized carbons (Fsp3) is 0.444. The van der Waals surface area contributed by atoms with Crippen LogP contribution >= 0.6 is 0 Å². The number of aromatic nitrogens is 1. The van der Waals surface area contributed by atoms with Crippen LogP contribution in [0.25, 0.3) is 10.9 Å². The lowest BCUT2D eigenvalue weighted by molar-refractivity contribution is 0.0475. The lowest BCUT2D eigenvalue weighted by Gasteiger charge is -2.37. The van der Waals surface area contributed by atoms with E-state index in [9.17, 15) is 4.79 Å². The van der Waals surface area contributed by atoms with Crippen molar-refractivity contribution in [3.8, 4) is 0 Å². The second-order valence-electron chi connectivity index (χ2n) is 7.07. The molecule has 0 atom stereocenters. The first-order valence-corrected chi connectivity index (χ1v) is 8.00. The number of rotatable bonds is 3. The number of hydrogen-bond donors (Lipinski definition) is 2. The van der Waals surface area contributed by atoms with E-state index in [1.807, 2.05) is 39.0 Å². The SMILES string of the molecule is CC(C)(C)OC(=O)NC1CC(Nc2ccc3ncccc3c2)C1. The molecule has 0 bridgehead atoms. The molecule has 1 amide bonds. The van der Waals surface area contributed by atoms with Crippen LogP contribution in [0.1, 0.15) is 33.6 Å². The number of nitrogens with one attached hydrogen (secondary N) is 2. The molecule has 0 aliphatic heterocycles. The summed E-state index contributed by atoms with van der Waals surface area (Å²) in [6.45, 7) is 5.60.